The molecule has 0 saturated carbocycles. The third-order valence-corrected chi connectivity index (χ3v) is 5.90. The first-order chi connectivity index (χ1) is 12.1. The highest BCUT2D eigenvalue weighted by Crippen LogP contribution is 2.31. The summed E-state index contributed by atoms with van der Waals surface area (Å²) in [5.41, 5.74) is 2.12. The molecule has 26 heavy (non-hydrogen) atoms. The first kappa shape index (κ1) is 18.2. The van der Waals surface area contributed by atoms with Crippen LogP contribution in [0.3, 0.4) is 0 Å². The van der Waals surface area contributed by atoms with Gasteiger partial charge in [-0.05, 0) is 44.4 Å². The predicted octanol–water partition coefficient (Wildman–Crippen LogP) is 2.78. The SMILES string of the molecule is CCc1cc2c(C)cc(=O)oc2cc1OS(=O)(=O)c1c(C)nn(C)c1C. The van der Waals surface area contributed by atoms with Gasteiger partial charge in [-0.1, -0.05) is 6.92 Å². The van der Waals surface area contributed by atoms with Crippen LogP contribution < -0.4 is 9.81 Å². The van der Waals surface area contributed by atoms with Gasteiger partial charge in [-0.2, -0.15) is 13.5 Å². The molecule has 3 aromatic rings. The molecule has 0 atom stereocenters. The fourth-order valence-corrected chi connectivity index (χ4v) is 4.39. The molecule has 3 rings (SSSR count). The zero-order valence-electron chi connectivity index (χ0n) is 15.3. The monoisotopic (exact) mass is 376 g/mol. The normalized spacial score (nSPS) is 11.9. The fraction of sp³-hybridized carbons (Fsp3) is 0.333. The van der Waals surface area contributed by atoms with E-state index in [0.717, 1.165) is 10.9 Å². The Hall–Kier alpha value is -2.61. The van der Waals surface area contributed by atoms with E-state index in [1.807, 2.05) is 6.92 Å². The van der Waals surface area contributed by atoms with Crippen LogP contribution in [0.5, 0.6) is 5.75 Å². The number of fused-ring (bicyclic) bond motifs is 1. The average molecular weight is 376 g/mol. The minimum Gasteiger partial charge on any atom is -0.423 e. The van der Waals surface area contributed by atoms with Crippen LogP contribution in [0, 0.1) is 20.8 Å². The van der Waals surface area contributed by atoms with E-state index in [0.29, 0.717) is 23.4 Å². The van der Waals surface area contributed by atoms with Crippen LogP contribution in [-0.4, -0.2) is 18.2 Å². The Morgan fingerprint density at radius 3 is 2.46 bits per heavy atom. The maximum atomic E-state index is 12.8. The fourth-order valence-electron chi connectivity index (χ4n) is 3.02. The molecular weight excluding hydrogens is 356 g/mol. The largest absolute Gasteiger partial charge is 0.423 e. The molecule has 0 saturated heterocycles. The molecule has 0 fully saturated rings. The van der Waals surface area contributed by atoms with Crippen LogP contribution >= 0.6 is 0 Å². The van der Waals surface area contributed by atoms with Crippen LogP contribution in [0.4, 0.5) is 0 Å². The van der Waals surface area contributed by atoms with Crippen LogP contribution in [-0.2, 0) is 23.6 Å². The Labute approximate surface area is 151 Å². The van der Waals surface area contributed by atoms with Crippen LogP contribution in [0.15, 0.2) is 32.3 Å². The van der Waals surface area contributed by atoms with Crippen molar-refractivity contribution in [2.45, 2.75) is 39.0 Å². The van der Waals surface area contributed by atoms with Crippen molar-refractivity contribution >= 4 is 21.1 Å². The van der Waals surface area contributed by atoms with Gasteiger partial charge >= 0.3 is 15.7 Å². The Bertz CT molecular complexity index is 1170. The Kier molecular flexibility index (Phi) is 4.39. The summed E-state index contributed by atoms with van der Waals surface area (Å²) >= 11 is 0. The predicted molar refractivity (Wildman–Crippen MR) is 97.1 cm³/mol. The van der Waals surface area contributed by atoms with Gasteiger partial charge in [-0.15, -0.1) is 0 Å². The molecule has 0 bridgehead atoms. The molecule has 0 N–H and O–H groups in total. The zero-order chi connectivity index (χ0) is 19.2. The Morgan fingerprint density at radius 1 is 1.19 bits per heavy atom. The lowest BCUT2D eigenvalue weighted by atomic mass is 10.1. The highest BCUT2D eigenvalue weighted by molar-refractivity contribution is 7.87. The summed E-state index contributed by atoms with van der Waals surface area (Å²) in [5.74, 6) is 0.149. The van der Waals surface area contributed by atoms with Gasteiger partial charge in [0.2, 0.25) is 0 Å². The maximum absolute atomic E-state index is 12.8. The first-order valence-electron chi connectivity index (χ1n) is 8.16. The van der Waals surface area contributed by atoms with Crippen molar-refractivity contribution in [3.63, 3.8) is 0 Å². The van der Waals surface area contributed by atoms with E-state index in [1.54, 1.807) is 33.9 Å². The molecule has 0 amide bonds. The molecule has 0 aliphatic heterocycles. The number of hydrogen-bond acceptors (Lipinski definition) is 6. The van der Waals surface area contributed by atoms with E-state index in [2.05, 4.69) is 5.10 Å². The second-order valence-corrected chi connectivity index (χ2v) is 7.70. The zero-order valence-corrected chi connectivity index (χ0v) is 16.1. The average Bonchev–Trinajstić information content (AvgIpc) is 2.79. The molecule has 2 heterocycles. The van der Waals surface area contributed by atoms with E-state index in [-0.39, 0.29) is 16.2 Å². The third kappa shape index (κ3) is 3.01. The van der Waals surface area contributed by atoms with E-state index >= 15 is 0 Å². The summed E-state index contributed by atoms with van der Waals surface area (Å²) in [7, 11) is -2.41. The van der Waals surface area contributed by atoms with Crippen molar-refractivity contribution in [1.29, 1.82) is 0 Å². The Morgan fingerprint density at radius 2 is 1.88 bits per heavy atom. The smallest absolute Gasteiger partial charge is 0.342 e. The van der Waals surface area contributed by atoms with Crippen molar-refractivity contribution in [3.05, 3.63) is 51.1 Å². The number of rotatable bonds is 4. The van der Waals surface area contributed by atoms with Gasteiger partial charge in [-0.3, -0.25) is 4.68 Å². The van der Waals surface area contributed by atoms with Crippen LogP contribution in [0.2, 0.25) is 0 Å². The minimum atomic E-state index is -4.08. The number of hydrogen-bond donors (Lipinski definition) is 0. The molecule has 0 aliphatic carbocycles. The molecule has 0 spiro atoms. The summed E-state index contributed by atoms with van der Waals surface area (Å²) < 4.78 is 37.8. The molecule has 0 aliphatic rings. The van der Waals surface area contributed by atoms with Gasteiger partial charge in [0.25, 0.3) is 0 Å². The lowest BCUT2D eigenvalue weighted by Gasteiger charge is -2.12. The van der Waals surface area contributed by atoms with Crippen molar-refractivity contribution in [1.82, 2.24) is 9.78 Å². The quantitative estimate of drug-likeness (QED) is 0.514. The second kappa shape index (κ2) is 6.28. The van der Waals surface area contributed by atoms with E-state index in [9.17, 15) is 13.2 Å². The lowest BCUT2D eigenvalue weighted by molar-refractivity contribution is 0.480. The van der Waals surface area contributed by atoms with Crippen molar-refractivity contribution in [2.24, 2.45) is 7.05 Å². The first-order valence-corrected chi connectivity index (χ1v) is 9.57. The van der Waals surface area contributed by atoms with E-state index in [4.69, 9.17) is 8.60 Å². The minimum absolute atomic E-state index is 0.0489. The number of benzene rings is 1. The van der Waals surface area contributed by atoms with Crippen LogP contribution in [0.1, 0.15) is 29.4 Å². The van der Waals surface area contributed by atoms with E-state index in [1.165, 1.54) is 16.8 Å². The molecule has 7 nitrogen and oxygen atoms in total. The van der Waals surface area contributed by atoms with Gasteiger partial charge in [0.15, 0.2) is 0 Å². The molecular formula is C18H20N2O5S. The van der Waals surface area contributed by atoms with Gasteiger partial charge in [0, 0.05) is 24.6 Å². The van der Waals surface area contributed by atoms with Crippen molar-refractivity contribution in [3.8, 4) is 5.75 Å². The van der Waals surface area contributed by atoms with Gasteiger partial charge < -0.3 is 8.60 Å². The lowest BCUT2D eigenvalue weighted by Crippen LogP contribution is -2.13. The summed E-state index contributed by atoms with van der Waals surface area (Å²) in [5, 5.41) is 4.88. The summed E-state index contributed by atoms with van der Waals surface area (Å²) in [4.78, 5) is 11.7. The van der Waals surface area contributed by atoms with Gasteiger partial charge in [-0.25, -0.2) is 4.79 Å². The molecule has 1 aromatic carbocycles. The highest BCUT2D eigenvalue weighted by atomic mass is 32.2. The summed E-state index contributed by atoms with van der Waals surface area (Å²) in [6.45, 7) is 6.99. The molecule has 8 heteroatoms. The third-order valence-electron chi connectivity index (χ3n) is 4.41. The summed E-state index contributed by atoms with van der Waals surface area (Å²) in [6, 6.07) is 4.66. The van der Waals surface area contributed by atoms with Crippen molar-refractivity contribution in [2.75, 3.05) is 0 Å². The summed E-state index contributed by atoms with van der Waals surface area (Å²) in [6.07, 6.45) is 0.560. The number of aryl methyl sites for hydroxylation is 4. The molecule has 0 radical (unpaired) electrons. The molecule has 2 aromatic heterocycles. The van der Waals surface area contributed by atoms with Crippen molar-refractivity contribution < 1.29 is 17.0 Å². The highest BCUT2D eigenvalue weighted by Gasteiger charge is 2.27. The topological polar surface area (TPSA) is 91.4 Å². The second-order valence-electron chi connectivity index (χ2n) is 6.22. The van der Waals surface area contributed by atoms with Crippen LogP contribution in [0.25, 0.3) is 11.0 Å². The maximum Gasteiger partial charge on any atom is 0.342 e. The van der Waals surface area contributed by atoms with Gasteiger partial charge in [0.1, 0.15) is 16.2 Å². The Balaban J connectivity index is 2.17. The number of nitrogens with zero attached hydrogens (tertiary/aromatic N) is 2. The van der Waals surface area contributed by atoms with E-state index < -0.39 is 15.7 Å². The molecule has 0 unspecified atom stereocenters. The molecule has 138 valence electrons. The standard InChI is InChI=1S/C18H20N2O5S/c1-6-13-8-14-10(2)7-17(21)24-16(14)9-15(13)25-26(22,23)18-11(3)19-20(5)12(18)4/h7-9H,6H2,1-5H3. The van der Waals surface area contributed by atoms with Gasteiger partial charge in [0.05, 0.1) is 11.4 Å². The number of aromatic nitrogens is 2.